The first kappa shape index (κ1) is 23.0. The molecule has 0 unspecified atom stereocenters. The Morgan fingerprint density at radius 1 is 1.34 bits per heavy atom. The minimum Gasteiger partial charge on any atom is -0.488 e. The topological polar surface area (TPSA) is 103 Å². The standard InChI is InChI=1S/C21H34N4O4/c1-13(2)23-21(28)24-17-6-7-18-16(8-17)9-20(27)25(15(4)12-26)11-14(3)19(29-18)10-22-5/h6-8,13-15,19,22,26H,9-12H2,1-5H3,(H2,23,24,28)/t14-,15-,19+/m1/s1. The Hall–Kier alpha value is -2.32. The largest absolute Gasteiger partial charge is 0.488 e. The van der Waals surface area contributed by atoms with Crippen molar-refractivity contribution >= 4 is 17.6 Å². The number of fused-ring (bicyclic) bond motifs is 1. The number of amides is 3. The monoisotopic (exact) mass is 406 g/mol. The maximum absolute atomic E-state index is 13.0. The fourth-order valence-electron chi connectivity index (χ4n) is 3.38. The fraction of sp³-hybridized carbons (Fsp3) is 0.619. The van der Waals surface area contributed by atoms with Crippen molar-refractivity contribution < 1.29 is 19.4 Å². The van der Waals surface area contributed by atoms with Gasteiger partial charge in [-0.05, 0) is 46.0 Å². The van der Waals surface area contributed by atoms with Crippen LogP contribution in [0, 0.1) is 5.92 Å². The van der Waals surface area contributed by atoms with Gasteiger partial charge in [0.05, 0.1) is 19.1 Å². The van der Waals surface area contributed by atoms with Gasteiger partial charge >= 0.3 is 6.03 Å². The molecule has 3 atom stereocenters. The first-order valence-corrected chi connectivity index (χ1v) is 10.2. The van der Waals surface area contributed by atoms with Gasteiger partial charge < -0.3 is 30.7 Å². The van der Waals surface area contributed by atoms with Gasteiger partial charge in [-0.25, -0.2) is 4.79 Å². The lowest BCUT2D eigenvalue weighted by molar-refractivity contribution is -0.134. The Morgan fingerprint density at radius 2 is 2.07 bits per heavy atom. The van der Waals surface area contributed by atoms with Crippen molar-refractivity contribution in [3.8, 4) is 5.75 Å². The van der Waals surface area contributed by atoms with Crippen molar-refractivity contribution in [2.24, 2.45) is 5.92 Å². The minimum atomic E-state index is -0.299. The van der Waals surface area contributed by atoms with Crippen LogP contribution >= 0.6 is 0 Å². The van der Waals surface area contributed by atoms with E-state index in [-0.39, 0.29) is 49.1 Å². The van der Waals surface area contributed by atoms with Gasteiger partial charge in [0.1, 0.15) is 11.9 Å². The van der Waals surface area contributed by atoms with Crippen molar-refractivity contribution in [1.29, 1.82) is 0 Å². The smallest absolute Gasteiger partial charge is 0.319 e. The zero-order valence-corrected chi connectivity index (χ0v) is 18.0. The highest BCUT2D eigenvalue weighted by molar-refractivity contribution is 5.90. The molecule has 1 heterocycles. The van der Waals surface area contributed by atoms with Crippen LogP contribution in [0.3, 0.4) is 0 Å². The highest BCUT2D eigenvalue weighted by Crippen LogP contribution is 2.28. The Labute approximate surface area is 173 Å². The van der Waals surface area contributed by atoms with Gasteiger partial charge in [-0.2, -0.15) is 0 Å². The predicted octanol–water partition coefficient (Wildman–Crippen LogP) is 1.58. The molecule has 0 bridgehead atoms. The van der Waals surface area contributed by atoms with E-state index < -0.39 is 0 Å². The number of nitrogens with one attached hydrogen (secondary N) is 3. The lowest BCUT2D eigenvalue weighted by Crippen LogP contribution is -2.47. The third-order valence-corrected chi connectivity index (χ3v) is 5.00. The molecule has 1 aromatic rings. The number of urea groups is 1. The molecule has 0 saturated carbocycles. The predicted molar refractivity (Wildman–Crippen MR) is 113 cm³/mol. The molecule has 162 valence electrons. The summed E-state index contributed by atoms with van der Waals surface area (Å²) in [6.45, 7) is 8.69. The number of benzene rings is 1. The number of hydrogen-bond donors (Lipinski definition) is 4. The van der Waals surface area contributed by atoms with E-state index >= 15 is 0 Å². The number of aliphatic hydroxyl groups excluding tert-OH is 1. The molecule has 8 nitrogen and oxygen atoms in total. The van der Waals surface area contributed by atoms with Crippen LogP contribution in [0.5, 0.6) is 5.75 Å². The van der Waals surface area contributed by atoms with Crippen LogP contribution in [-0.2, 0) is 11.2 Å². The zero-order valence-electron chi connectivity index (χ0n) is 18.0. The molecule has 0 radical (unpaired) electrons. The zero-order chi connectivity index (χ0) is 21.6. The second-order valence-corrected chi connectivity index (χ2v) is 8.02. The lowest BCUT2D eigenvalue weighted by atomic mass is 10.0. The van der Waals surface area contributed by atoms with E-state index in [0.717, 1.165) is 0 Å². The van der Waals surface area contributed by atoms with E-state index in [0.29, 0.717) is 30.1 Å². The molecule has 1 aliphatic rings. The highest BCUT2D eigenvalue weighted by atomic mass is 16.5. The Morgan fingerprint density at radius 3 is 2.69 bits per heavy atom. The number of likely N-dealkylation sites (N-methyl/N-ethyl adjacent to an activating group) is 1. The number of anilines is 1. The van der Waals surface area contributed by atoms with Crippen molar-refractivity contribution in [2.45, 2.75) is 52.3 Å². The van der Waals surface area contributed by atoms with E-state index in [1.807, 2.05) is 34.7 Å². The minimum absolute atomic E-state index is 0.0186. The summed E-state index contributed by atoms with van der Waals surface area (Å²) in [5.41, 5.74) is 1.31. The van der Waals surface area contributed by atoms with Crippen LogP contribution in [0.2, 0.25) is 0 Å². The molecule has 1 aliphatic heterocycles. The first-order chi connectivity index (χ1) is 13.7. The summed E-state index contributed by atoms with van der Waals surface area (Å²) >= 11 is 0. The summed E-state index contributed by atoms with van der Waals surface area (Å²) in [5, 5.41) is 18.3. The summed E-state index contributed by atoms with van der Waals surface area (Å²) < 4.78 is 6.27. The van der Waals surface area contributed by atoms with Gasteiger partial charge in [0.15, 0.2) is 0 Å². The van der Waals surface area contributed by atoms with Crippen molar-refractivity contribution in [3.05, 3.63) is 23.8 Å². The van der Waals surface area contributed by atoms with Gasteiger partial charge in [-0.15, -0.1) is 0 Å². The van der Waals surface area contributed by atoms with Crippen molar-refractivity contribution in [1.82, 2.24) is 15.5 Å². The molecule has 0 saturated heterocycles. The van der Waals surface area contributed by atoms with Crippen LogP contribution in [0.25, 0.3) is 0 Å². The summed E-state index contributed by atoms with van der Waals surface area (Å²) in [7, 11) is 1.86. The maximum Gasteiger partial charge on any atom is 0.319 e. The second kappa shape index (κ2) is 10.5. The number of hydrogen-bond acceptors (Lipinski definition) is 5. The quantitative estimate of drug-likeness (QED) is 0.574. The van der Waals surface area contributed by atoms with Gasteiger partial charge in [-0.1, -0.05) is 6.92 Å². The molecular formula is C21H34N4O4. The molecule has 0 spiro atoms. The van der Waals surface area contributed by atoms with Gasteiger partial charge in [-0.3, -0.25) is 4.79 Å². The van der Waals surface area contributed by atoms with Gasteiger partial charge in [0.25, 0.3) is 0 Å². The van der Waals surface area contributed by atoms with Crippen LogP contribution in [-0.4, -0.2) is 66.9 Å². The number of carbonyl (C=O) groups excluding carboxylic acids is 2. The summed E-state index contributed by atoms with van der Waals surface area (Å²) in [6.07, 6.45) is 0.000997. The molecule has 3 amide bonds. The third-order valence-electron chi connectivity index (χ3n) is 5.00. The summed E-state index contributed by atoms with van der Waals surface area (Å²) in [5.74, 6) is 0.636. The molecule has 1 aromatic carbocycles. The molecule has 29 heavy (non-hydrogen) atoms. The Balaban J connectivity index is 2.35. The molecule has 2 rings (SSSR count). The SMILES string of the molecule is CNC[C@@H]1Oc2ccc(NC(=O)NC(C)C)cc2CC(=O)N([C@H](C)CO)C[C@H]1C. The number of ether oxygens (including phenoxy) is 1. The average molecular weight is 407 g/mol. The van der Waals surface area contributed by atoms with E-state index in [1.165, 1.54) is 0 Å². The Bertz CT molecular complexity index is 710. The molecule has 4 N–H and O–H groups in total. The van der Waals surface area contributed by atoms with E-state index in [9.17, 15) is 14.7 Å². The fourth-order valence-corrected chi connectivity index (χ4v) is 3.38. The number of rotatable bonds is 6. The van der Waals surface area contributed by atoms with E-state index in [2.05, 4.69) is 16.0 Å². The van der Waals surface area contributed by atoms with Gasteiger partial charge in [0, 0.05) is 36.3 Å². The van der Waals surface area contributed by atoms with Gasteiger partial charge in [0.2, 0.25) is 5.91 Å². The molecule has 0 fully saturated rings. The number of carbonyl (C=O) groups is 2. The molecule has 0 aromatic heterocycles. The Kier molecular flexibility index (Phi) is 8.28. The summed E-state index contributed by atoms with van der Waals surface area (Å²) in [4.78, 5) is 26.8. The highest BCUT2D eigenvalue weighted by Gasteiger charge is 2.30. The van der Waals surface area contributed by atoms with Crippen LogP contribution in [0.4, 0.5) is 10.5 Å². The average Bonchev–Trinajstić information content (AvgIpc) is 2.69. The third kappa shape index (κ3) is 6.33. The number of aliphatic hydroxyl groups is 1. The molecular weight excluding hydrogens is 372 g/mol. The summed E-state index contributed by atoms with van der Waals surface area (Å²) in [6, 6.07) is 4.80. The van der Waals surface area contributed by atoms with Crippen molar-refractivity contribution in [3.63, 3.8) is 0 Å². The lowest BCUT2D eigenvalue weighted by Gasteiger charge is -2.32. The number of nitrogens with zero attached hydrogens (tertiary/aromatic N) is 1. The van der Waals surface area contributed by atoms with Crippen LogP contribution in [0.15, 0.2) is 18.2 Å². The normalized spacial score (nSPS) is 20.8. The van der Waals surface area contributed by atoms with Crippen molar-refractivity contribution in [2.75, 3.05) is 32.1 Å². The van der Waals surface area contributed by atoms with Crippen LogP contribution < -0.4 is 20.7 Å². The van der Waals surface area contributed by atoms with E-state index in [4.69, 9.17) is 4.74 Å². The molecule has 8 heteroatoms. The second-order valence-electron chi connectivity index (χ2n) is 8.02. The van der Waals surface area contributed by atoms with E-state index in [1.54, 1.807) is 23.1 Å². The maximum atomic E-state index is 13.0. The first-order valence-electron chi connectivity index (χ1n) is 10.2. The molecule has 0 aliphatic carbocycles. The van der Waals surface area contributed by atoms with Crippen LogP contribution in [0.1, 0.15) is 33.3 Å².